The Balaban J connectivity index is 1.44. The molecule has 7 heteroatoms. The molecule has 0 heterocycles. The third kappa shape index (κ3) is 5.50. The Morgan fingerprint density at radius 2 is 1.41 bits per heavy atom. The van der Waals surface area contributed by atoms with Gasteiger partial charge in [-0.2, -0.15) is 0 Å². The van der Waals surface area contributed by atoms with Crippen LogP contribution in [0.1, 0.15) is 42.9 Å². The molecular formula is C30H31NO6. The molecule has 0 aromatic heterocycles. The van der Waals surface area contributed by atoms with Gasteiger partial charge in [-0.3, -0.25) is 9.69 Å². The van der Waals surface area contributed by atoms with Gasteiger partial charge in [-0.1, -0.05) is 78.9 Å². The smallest absolute Gasteiger partial charge is 0.410 e. The van der Waals surface area contributed by atoms with Crippen LogP contribution in [0.4, 0.5) is 4.79 Å². The van der Waals surface area contributed by atoms with Gasteiger partial charge in [0.2, 0.25) is 0 Å². The van der Waals surface area contributed by atoms with Crippen molar-refractivity contribution >= 4 is 18.0 Å². The van der Waals surface area contributed by atoms with Crippen LogP contribution < -0.4 is 0 Å². The van der Waals surface area contributed by atoms with Crippen molar-refractivity contribution in [3.05, 3.63) is 95.6 Å². The molecule has 0 N–H and O–H groups in total. The van der Waals surface area contributed by atoms with Gasteiger partial charge in [0.05, 0.1) is 13.5 Å². The molecule has 192 valence electrons. The molecule has 3 aromatic rings. The van der Waals surface area contributed by atoms with Crippen LogP contribution in [0.25, 0.3) is 11.1 Å². The van der Waals surface area contributed by atoms with Crippen LogP contribution in [0.15, 0.2) is 78.9 Å². The second-order valence-corrected chi connectivity index (χ2v) is 9.51. The fraction of sp³-hybridized carbons (Fsp3) is 0.300. The van der Waals surface area contributed by atoms with E-state index in [1.165, 1.54) is 14.2 Å². The molecule has 1 atom stereocenters. The highest BCUT2D eigenvalue weighted by molar-refractivity contribution is 5.86. The van der Waals surface area contributed by atoms with E-state index in [2.05, 4.69) is 12.1 Å². The molecule has 0 saturated heterocycles. The summed E-state index contributed by atoms with van der Waals surface area (Å²) in [7, 11) is 2.62. The van der Waals surface area contributed by atoms with Gasteiger partial charge in [0.15, 0.2) is 0 Å². The summed E-state index contributed by atoms with van der Waals surface area (Å²) in [5, 5.41) is 0. The first-order valence-corrected chi connectivity index (χ1v) is 12.2. The zero-order valence-corrected chi connectivity index (χ0v) is 21.5. The SMILES string of the molecule is COC(=O)[C@H](CC(=O)OC(C)(C)c1ccccc1)N(C)C(=O)OCC1c2ccccc2-c2ccccc21. The standard InChI is InChI=1S/C30H31NO6/c1-30(2,20-12-6-5-7-13-20)37-27(32)18-26(28(33)35-4)31(3)29(34)36-19-25-23-16-10-8-14-21(23)22-15-9-11-17-24(22)25/h5-17,25-26H,18-19H2,1-4H3/t26-/m0/s1. The van der Waals surface area contributed by atoms with Crippen molar-refractivity contribution in [2.75, 3.05) is 20.8 Å². The van der Waals surface area contributed by atoms with Crippen LogP contribution in [0.3, 0.4) is 0 Å². The summed E-state index contributed by atoms with van der Waals surface area (Å²) in [6, 6.07) is 24.1. The van der Waals surface area contributed by atoms with Crippen LogP contribution in [0.5, 0.6) is 0 Å². The molecule has 1 aliphatic rings. The molecule has 7 nitrogen and oxygen atoms in total. The molecule has 0 radical (unpaired) electrons. The summed E-state index contributed by atoms with van der Waals surface area (Å²) < 4.78 is 16.2. The molecular weight excluding hydrogens is 470 g/mol. The van der Waals surface area contributed by atoms with Gasteiger partial charge in [0.25, 0.3) is 0 Å². The van der Waals surface area contributed by atoms with Gasteiger partial charge < -0.3 is 14.2 Å². The maximum Gasteiger partial charge on any atom is 0.410 e. The van der Waals surface area contributed by atoms with Crippen LogP contribution in [-0.4, -0.2) is 49.7 Å². The van der Waals surface area contributed by atoms with Gasteiger partial charge in [-0.15, -0.1) is 0 Å². The molecule has 3 aromatic carbocycles. The van der Waals surface area contributed by atoms with Crippen molar-refractivity contribution in [2.24, 2.45) is 0 Å². The monoisotopic (exact) mass is 501 g/mol. The van der Waals surface area contributed by atoms with Crippen LogP contribution in [-0.2, 0) is 29.4 Å². The molecule has 0 aliphatic heterocycles. The fourth-order valence-electron chi connectivity index (χ4n) is 4.72. The van der Waals surface area contributed by atoms with Crippen molar-refractivity contribution in [2.45, 2.75) is 37.8 Å². The number of esters is 2. The van der Waals surface area contributed by atoms with Crippen molar-refractivity contribution in [1.82, 2.24) is 4.90 Å². The molecule has 0 bridgehead atoms. The number of nitrogens with zero attached hydrogens (tertiary/aromatic N) is 1. The molecule has 37 heavy (non-hydrogen) atoms. The van der Waals surface area contributed by atoms with Gasteiger partial charge >= 0.3 is 18.0 Å². The zero-order chi connectivity index (χ0) is 26.6. The zero-order valence-electron chi connectivity index (χ0n) is 21.5. The van der Waals surface area contributed by atoms with Crippen molar-refractivity contribution in [3.8, 4) is 11.1 Å². The van der Waals surface area contributed by atoms with Gasteiger partial charge in [0, 0.05) is 13.0 Å². The molecule has 0 saturated carbocycles. The summed E-state index contributed by atoms with van der Waals surface area (Å²) in [6.07, 6.45) is -1.10. The molecule has 0 spiro atoms. The van der Waals surface area contributed by atoms with Crippen LogP contribution >= 0.6 is 0 Å². The summed E-state index contributed by atoms with van der Waals surface area (Å²) >= 11 is 0. The molecule has 4 rings (SSSR count). The number of carbonyl (C=O) groups excluding carboxylic acids is 3. The number of hydrogen-bond acceptors (Lipinski definition) is 6. The topological polar surface area (TPSA) is 82.1 Å². The number of hydrogen-bond donors (Lipinski definition) is 0. The van der Waals surface area contributed by atoms with Crippen LogP contribution in [0.2, 0.25) is 0 Å². The van der Waals surface area contributed by atoms with E-state index in [1.807, 2.05) is 66.7 Å². The molecule has 0 unspecified atom stereocenters. The van der Waals surface area contributed by atoms with E-state index in [-0.39, 0.29) is 18.9 Å². The van der Waals surface area contributed by atoms with Gasteiger partial charge in [-0.25, -0.2) is 9.59 Å². The lowest BCUT2D eigenvalue weighted by Crippen LogP contribution is -2.45. The lowest BCUT2D eigenvalue weighted by atomic mass is 9.98. The third-order valence-electron chi connectivity index (χ3n) is 6.76. The van der Waals surface area contributed by atoms with E-state index < -0.39 is 29.7 Å². The summed E-state index contributed by atoms with van der Waals surface area (Å²) in [6.45, 7) is 3.63. The van der Waals surface area contributed by atoms with Crippen LogP contribution in [0, 0.1) is 0 Å². The van der Waals surface area contributed by atoms with E-state index in [0.717, 1.165) is 32.7 Å². The Labute approximate surface area is 217 Å². The molecule has 1 aliphatic carbocycles. The normalized spacial score (nSPS) is 13.2. The highest BCUT2D eigenvalue weighted by atomic mass is 16.6. The average molecular weight is 502 g/mol. The van der Waals surface area contributed by atoms with E-state index in [0.29, 0.717) is 0 Å². The minimum Gasteiger partial charge on any atom is -0.467 e. The van der Waals surface area contributed by atoms with Gasteiger partial charge in [-0.05, 0) is 41.7 Å². The van der Waals surface area contributed by atoms with Crippen molar-refractivity contribution < 1.29 is 28.6 Å². The highest BCUT2D eigenvalue weighted by Crippen LogP contribution is 2.44. The average Bonchev–Trinajstić information content (AvgIpc) is 3.23. The molecule has 1 amide bonds. The quantitative estimate of drug-likeness (QED) is 0.309. The number of benzene rings is 3. The second kappa shape index (κ2) is 10.9. The van der Waals surface area contributed by atoms with Crippen molar-refractivity contribution in [3.63, 3.8) is 0 Å². The van der Waals surface area contributed by atoms with E-state index in [9.17, 15) is 14.4 Å². The Hall–Kier alpha value is -4.13. The predicted octanol–water partition coefficient (Wildman–Crippen LogP) is 5.28. The van der Waals surface area contributed by atoms with E-state index >= 15 is 0 Å². The number of amides is 1. The first-order valence-electron chi connectivity index (χ1n) is 12.2. The highest BCUT2D eigenvalue weighted by Gasteiger charge is 2.35. The Bertz CT molecular complexity index is 1240. The largest absolute Gasteiger partial charge is 0.467 e. The maximum atomic E-state index is 13.0. The number of ether oxygens (including phenoxy) is 3. The lowest BCUT2D eigenvalue weighted by Gasteiger charge is -2.29. The number of carbonyl (C=O) groups is 3. The van der Waals surface area contributed by atoms with Gasteiger partial charge in [0.1, 0.15) is 18.2 Å². The number of rotatable bonds is 8. The Kier molecular flexibility index (Phi) is 7.62. The Morgan fingerprint density at radius 3 is 1.97 bits per heavy atom. The first-order chi connectivity index (χ1) is 17.7. The van der Waals surface area contributed by atoms with Crippen molar-refractivity contribution in [1.29, 1.82) is 0 Å². The minimum absolute atomic E-state index is 0.0938. The number of methoxy groups -OCH3 is 1. The third-order valence-corrected chi connectivity index (χ3v) is 6.76. The maximum absolute atomic E-state index is 13.0. The van der Waals surface area contributed by atoms with E-state index in [1.54, 1.807) is 13.8 Å². The minimum atomic E-state index is -1.19. The Morgan fingerprint density at radius 1 is 0.865 bits per heavy atom. The number of fused-ring (bicyclic) bond motifs is 3. The summed E-state index contributed by atoms with van der Waals surface area (Å²) in [5.74, 6) is -1.49. The van der Waals surface area contributed by atoms with E-state index in [4.69, 9.17) is 14.2 Å². The first kappa shape index (κ1) is 25.9. The number of likely N-dealkylation sites (N-methyl/N-ethyl adjacent to an activating group) is 1. The summed E-state index contributed by atoms with van der Waals surface area (Å²) in [5.41, 5.74) is 4.28. The summed E-state index contributed by atoms with van der Waals surface area (Å²) in [4.78, 5) is 39.5. The second-order valence-electron chi connectivity index (χ2n) is 9.51. The molecule has 0 fully saturated rings. The fourth-order valence-corrected chi connectivity index (χ4v) is 4.72. The lowest BCUT2D eigenvalue weighted by molar-refractivity contribution is -0.162. The predicted molar refractivity (Wildman–Crippen MR) is 139 cm³/mol.